The Morgan fingerprint density at radius 1 is 0.588 bits per heavy atom. The molecule has 3 N–H and O–H groups in total. The van der Waals surface area contributed by atoms with Crippen molar-refractivity contribution in [2.24, 2.45) is 22.7 Å². The Morgan fingerprint density at radius 2 is 1.15 bits per heavy atom. The number of benzene rings is 3. The minimum absolute atomic E-state index is 0. The van der Waals surface area contributed by atoms with Crippen molar-refractivity contribution in [1.82, 2.24) is 42.8 Å². The summed E-state index contributed by atoms with van der Waals surface area (Å²) in [5.41, 5.74) is 18.5. The van der Waals surface area contributed by atoms with E-state index in [0.29, 0.717) is 54.3 Å². The highest BCUT2D eigenvalue weighted by molar-refractivity contribution is 7.88. The molecule has 3 aliphatic carbocycles. The highest BCUT2D eigenvalue weighted by Gasteiger charge is 2.37. The van der Waals surface area contributed by atoms with Crippen LogP contribution in [-0.4, -0.2) is 139 Å². The Labute approximate surface area is 614 Å². The van der Waals surface area contributed by atoms with E-state index in [1.165, 1.54) is 24.3 Å². The van der Waals surface area contributed by atoms with Gasteiger partial charge in [0.25, 0.3) is 6.34 Å². The molecule has 8 aliphatic rings. The molecule has 7 aromatic rings. The number of nitrogens with zero attached hydrogens (tertiary/aromatic N) is 9. The van der Waals surface area contributed by atoms with Crippen LogP contribution in [-0.2, 0) is 30.1 Å². The van der Waals surface area contributed by atoms with Crippen LogP contribution in [0.3, 0.4) is 0 Å². The summed E-state index contributed by atoms with van der Waals surface area (Å²) in [7, 11) is -9.56. The third-order valence-corrected chi connectivity index (χ3v) is 23.7. The highest BCUT2D eigenvalue weighted by Crippen LogP contribution is 2.48. The number of halogens is 3. The quantitative estimate of drug-likeness (QED) is 0.111. The van der Waals surface area contributed by atoms with Gasteiger partial charge >= 0.3 is 0 Å². The molecule has 5 aliphatic heterocycles. The van der Waals surface area contributed by atoms with Gasteiger partial charge in [-0.1, -0.05) is 117 Å². The number of aliphatic imine (C=N–C) groups is 1. The zero-order valence-electron chi connectivity index (χ0n) is 54.7. The van der Waals surface area contributed by atoms with Crippen molar-refractivity contribution in [1.29, 1.82) is 0 Å². The van der Waals surface area contributed by atoms with Gasteiger partial charge in [-0.05, 0) is 213 Å². The van der Waals surface area contributed by atoms with E-state index in [1.54, 1.807) is 44.3 Å². The molecule has 3 aromatic carbocycles. The fourth-order valence-electron chi connectivity index (χ4n) is 14.3. The summed E-state index contributed by atoms with van der Waals surface area (Å²) < 4.78 is 77.0. The van der Waals surface area contributed by atoms with E-state index in [1.807, 2.05) is 97.6 Å². The summed E-state index contributed by atoms with van der Waals surface area (Å²) >= 11 is 19.2. The maximum Gasteiger partial charge on any atom is 0.284 e. The number of rotatable bonds is 11. The molecule has 24 heteroatoms. The first kappa shape index (κ1) is 76.2. The van der Waals surface area contributed by atoms with Crippen molar-refractivity contribution in [3.63, 3.8) is 0 Å². The zero-order chi connectivity index (χ0) is 69.0. The first-order valence-corrected chi connectivity index (χ1v) is 39.4. The lowest BCUT2D eigenvalue weighted by Gasteiger charge is -2.37. The normalized spacial score (nSPS) is 19.6. The molecule has 0 radical (unpaired) electrons. The molecule has 0 spiro atoms. The van der Waals surface area contributed by atoms with Gasteiger partial charge in [0.2, 0.25) is 35.8 Å². The van der Waals surface area contributed by atoms with Crippen LogP contribution in [0.4, 0.5) is 0 Å². The average molecular weight is 1490 g/mol. The van der Waals surface area contributed by atoms with Crippen molar-refractivity contribution in [2.75, 3.05) is 58.0 Å². The van der Waals surface area contributed by atoms with E-state index in [0.717, 1.165) is 144 Å². The number of hydrogen-bond donors (Lipinski definition) is 3. The second-order valence-electron chi connectivity index (χ2n) is 25.5. The van der Waals surface area contributed by atoms with Crippen LogP contribution in [0.2, 0.25) is 15.1 Å². The molecular weight excluding hydrogens is 1400 g/mol. The molecule has 102 heavy (non-hydrogen) atoms. The topological polar surface area (TPSA) is 236 Å². The van der Waals surface area contributed by atoms with Crippen LogP contribution in [0.15, 0.2) is 186 Å². The smallest absolute Gasteiger partial charge is 0.284 e. The number of fused-ring (bicyclic) bond motifs is 6. The highest BCUT2D eigenvalue weighted by atomic mass is 35.5. The summed E-state index contributed by atoms with van der Waals surface area (Å²) in [6.45, 7) is 3.11. The van der Waals surface area contributed by atoms with Crippen molar-refractivity contribution in [3.05, 3.63) is 268 Å². The SMILES string of the molecule is C.C.C.CS(=O)(=O)N1CCC(C2=C3[N-]C=CC=C3C(/C=C/c3cnc[nH]3)=Cc3cc(Cl)ccc32)CC1.CS(=O)(=O)N1CCC(C2=c3ccc(Cl)cc3=CC(=CC=C3C=[NH+]C=N3)c3cccnc32)CC1.CS(=O)(=O)N1CCC(C2c3ccc(Cl)cc3C=C(/C=C/c3cnc[nH]3)c3cccnc32)CC1. The molecule has 3 saturated heterocycles. The minimum atomic E-state index is -3.19. The average Bonchev–Trinajstić information content (AvgIpc) is 1.55. The number of sulfonamides is 3. The summed E-state index contributed by atoms with van der Waals surface area (Å²) in [5, 5.41) is 8.98. The minimum Gasteiger partial charge on any atom is -0.663 e. The molecule has 0 amide bonds. The van der Waals surface area contributed by atoms with Gasteiger partial charge in [0.15, 0.2) is 0 Å². The number of hydrogen-bond acceptors (Lipinski definition) is 11. The predicted octanol–water partition coefficient (Wildman–Crippen LogP) is 13.0. The third-order valence-electron chi connectivity index (χ3n) is 19.1. The Morgan fingerprint density at radius 3 is 1.75 bits per heavy atom. The molecule has 9 heterocycles. The lowest BCUT2D eigenvalue weighted by atomic mass is 9.76. The number of imidazole rings is 2. The lowest BCUT2D eigenvalue weighted by Crippen LogP contribution is -2.64. The predicted molar refractivity (Wildman–Crippen MR) is 419 cm³/mol. The number of pyridine rings is 2. The first-order chi connectivity index (χ1) is 47.7. The maximum atomic E-state index is 12.0. The van der Waals surface area contributed by atoms with E-state index in [2.05, 4.69) is 103 Å². The fraction of sp³-hybridized carbons (Fsp3) is 0.282. The van der Waals surface area contributed by atoms with Gasteiger partial charge in [0.05, 0.1) is 66.6 Å². The van der Waals surface area contributed by atoms with Gasteiger partial charge in [0, 0.05) is 83.8 Å². The van der Waals surface area contributed by atoms with Gasteiger partial charge in [-0.15, -0.1) is 5.70 Å². The summed E-state index contributed by atoms with van der Waals surface area (Å²) in [5.74, 6) is 0.728. The third kappa shape index (κ3) is 17.4. The Bertz CT molecular complexity index is 5120. The summed E-state index contributed by atoms with van der Waals surface area (Å²) in [6, 6.07) is 26.0. The second-order valence-corrected chi connectivity index (χ2v) is 32.7. The number of allylic oxidation sites excluding steroid dienone is 11. The number of H-pyrrole nitrogens is 2. The van der Waals surface area contributed by atoms with Crippen molar-refractivity contribution in [3.8, 4) is 0 Å². The monoisotopic (exact) mass is 1490 g/mol. The van der Waals surface area contributed by atoms with E-state index in [-0.39, 0.29) is 46.0 Å². The maximum absolute atomic E-state index is 12.0. The molecule has 0 bridgehead atoms. The molecule has 4 aromatic heterocycles. The number of aromatic amines is 2. The Hall–Kier alpha value is -8.48. The van der Waals surface area contributed by atoms with E-state index >= 15 is 0 Å². The van der Waals surface area contributed by atoms with E-state index in [9.17, 15) is 25.3 Å². The van der Waals surface area contributed by atoms with E-state index in [4.69, 9.17) is 50.1 Å². The fourth-order valence-corrected chi connectivity index (χ4v) is 17.5. The molecular formula is C78H85Cl3N12O6S3. The zero-order valence-corrected chi connectivity index (χ0v) is 59.4. The van der Waals surface area contributed by atoms with Crippen molar-refractivity contribution < 1.29 is 30.2 Å². The van der Waals surface area contributed by atoms with Crippen LogP contribution in [0, 0.1) is 17.8 Å². The van der Waals surface area contributed by atoms with Crippen LogP contribution in [0.1, 0.15) is 123 Å². The van der Waals surface area contributed by atoms with Gasteiger partial charge in [-0.2, -0.15) is 6.20 Å². The van der Waals surface area contributed by atoms with Crippen LogP contribution in [0.5, 0.6) is 0 Å². The van der Waals surface area contributed by atoms with Crippen molar-refractivity contribution in [2.45, 2.75) is 66.7 Å². The van der Waals surface area contributed by atoms with Crippen LogP contribution >= 0.6 is 34.8 Å². The van der Waals surface area contributed by atoms with Crippen molar-refractivity contribution >= 4 is 130 Å². The van der Waals surface area contributed by atoms with Gasteiger partial charge in [0.1, 0.15) is 6.21 Å². The molecule has 1 unspecified atom stereocenters. The molecule has 0 saturated carbocycles. The number of nitrogens with one attached hydrogen (secondary N) is 3. The molecule has 1 atom stereocenters. The largest absolute Gasteiger partial charge is 0.663 e. The van der Waals surface area contributed by atoms with E-state index < -0.39 is 30.1 Å². The van der Waals surface area contributed by atoms with Gasteiger partial charge < -0.3 is 15.3 Å². The molecule has 3 fully saturated rings. The number of aromatic nitrogens is 6. The molecule has 18 nitrogen and oxygen atoms in total. The molecule has 15 rings (SSSR count). The number of piperidine rings is 3. The summed E-state index contributed by atoms with van der Waals surface area (Å²) in [4.78, 5) is 31.3. The molecule has 532 valence electrons. The first-order valence-electron chi connectivity index (χ1n) is 32.7. The lowest BCUT2D eigenvalue weighted by molar-refractivity contribution is -0.292. The Kier molecular flexibility index (Phi) is 24.6. The standard InChI is InChI=1S/C25H25ClN4O2S.C25H24ClN4O2S.C25H23ClN4O2S.3CH4/c3*1-33(31,32)30-11-8-17(9-12-30)24-22-7-5-20(26)14-19(22)13-18(4-6-21-15-27-16-29-21)23-3-2-10-28-25(23)24;;;/h2-7,10,13-17,24H,8-9,11-12H2,1H3,(H,27,29);2-7,10,13-17H,8-9,11-12H2,1H3,(H,27,29);2-7,10,13-17H,8-9,11-12H2,1H3;3*1H4/q;-1;;;;/p+1/b2*6-4+;;;;. The van der Waals surface area contributed by atoms with Gasteiger partial charge in [-0.3, -0.25) is 9.97 Å². The summed E-state index contributed by atoms with van der Waals surface area (Å²) in [6.07, 6.45) is 46.9. The second kappa shape index (κ2) is 32.9. The van der Waals surface area contributed by atoms with Crippen LogP contribution in [0.25, 0.3) is 58.0 Å². The van der Waals surface area contributed by atoms with Crippen LogP contribution < -0.4 is 15.4 Å². The van der Waals surface area contributed by atoms with Gasteiger partial charge in [-0.25, -0.2) is 53.1 Å². The Balaban J connectivity index is 0.000000162.